The molecule has 0 amide bonds. The predicted octanol–water partition coefficient (Wildman–Crippen LogP) is 2.31. The zero-order chi connectivity index (χ0) is 14.4. The number of piperidine rings is 1. The number of hydrogen-bond acceptors (Lipinski definition) is 3. The van der Waals surface area contributed by atoms with Crippen LogP contribution in [0, 0.1) is 17.8 Å². The summed E-state index contributed by atoms with van der Waals surface area (Å²) in [5.74, 6) is 3.08. The van der Waals surface area contributed by atoms with Crippen LogP contribution in [0.5, 0.6) is 0 Å². The lowest BCUT2D eigenvalue weighted by atomic mass is 9.80. The third kappa shape index (κ3) is 2.46. The molecule has 2 saturated carbocycles. The van der Waals surface area contributed by atoms with E-state index in [1.54, 1.807) is 0 Å². The van der Waals surface area contributed by atoms with Gasteiger partial charge in [0, 0.05) is 31.2 Å². The van der Waals surface area contributed by atoms with Crippen molar-refractivity contribution in [2.24, 2.45) is 23.5 Å². The number of rotatable bonds is 4. The van der Waals surface area contributed by atoms with Gasteiger partial charge < -0.3 is 10.6 Å². The van der Waals surface area contributed by atoms with Gasteiger partial charge in [-0.25, -0.2) is 0 Å². The van der Waals surface area contributed by atoms with Crippen LogP contribution in [0.1, 0.15) is 51.4 Å². The average Bonchev–Trinajstić information content (AvgIpc) is 3.22. The van der Waals surface area contributed by atoms with E-state index in [-0.39, 0.29) is 0 Å². The molecular formula is C18H33N3. The molecule has 0 radical (unpaired) electrons. The van der Waals surface area contributed by atoms with Gasteiger partial charge in [-0.1, -0.05) is 6.42 Å². The van der Waals surface area contributed by atoms with Gasteiger partial charge in [-0.3, -0.25) is 4.90 Å². The van der Waals surface area contributed by atoms with E-state index in [0.29, 0.717) is 5.54 Å². The minimum Gasteiger partial charge on any atom is -0.329 e. The van der Waals surface area contributed by atoms with Crippen molar-refractivity contribution < 1.29 is 0 Å². The number of fused-ring (bicyclic) bond motifs is 3. The third-order valence-corrected chi connectivity index (χ3v) is 7.56. The summed E-state index contributed by atoms with van der Waals surface area (Å²) in [6.45, 7) is 4.78. The van der Waals surface area contributed by atoms with Gasteiger partial charge in [0.25, 0.3) is 0 Å². The topological polar surface area (TPSA) is 32.5 Å². The number of nitrogens with two attached hydrogens (primary N) is 1. The van der Waals surface area contributed by atoms with Gasteiger partial charge in [0.1, 0.15) is 0 Å². The van der Waals surface area contributed by atoms with Gasteiger partial charge in [-0.2, -0.15) is 0 Å². The molecule has 2 saturated heterocycles. The van der Waals surface area contributed by atoms with E-state index in [4.69, 9.17) is 5.73 Å². The monoisotopic (exact) mass is 291 g/mol. The lowest BCUT2D eigenvalue weighted by Crippen LogP contribution is -2.60. The van der Waals surface area contributed by atoms with E-state index in [0.717, 1.165) is 30.3 Å². The van der Waals surface area contributed by atoms with Crippen LogP contribution in [0.3, 0.4) is 0 Å². The minimum absolute atomic E-state index is 0.299. The number of hydrogen-bond donors (Lipinski definition) is 1. The van der Waals surface area contributed by atoms with E-state index < -0.39 is 0 Å². The molecule has 0 aromatic carbocycles. The molecule has 2 aliphatic carbocycles. The van der Waals surface area contributed by atoms with E-state index >= 15 is 0 Å². The van der Waals surface area contributed by atoms with Gasteiger partial charge in [0.05, 0.1) is 0 Å². The molecule has 0 aromatic rings. The van der Waals surface area contributed by atoms with E-state index in [2.05, 4.69) is 16.8 Å². The molecule has 4 fully saturated rings. The maximum absolute atomic E-state index is 6.31. The lowest BCUT2D eigenvalue weighted by molar-refractivity contribution is 0.0130. The molecule has 4 rings (SSSR count). The Balaban J connectivity index is 1.42. The van der Waals surface area contributed by atoms with Crippen molar-refractivity contribution >= 4 is 0 Å². The van der Waals surface area contributed by atoms with Crippen molar-refractivity contribution in [3.05, 3.63) is 0 Å². The fourth-order valence-corrected chi connectivity index (χ4v) is 6.15. The Morgan fingerprint density at radius 2 is 2.10 bits per heavy atom. The average molecular weight is 291 g/mol. The van der Waals surface area contributed by atoms with E-state index in [1.165, 1.54) is 71.0 Å². The molecule has 0 spiro atoms. The Hall–Kier alpha value is -0.120. The maximum Gasteiger partial charge on any atom is 0.0355 e. The molecule has 2 aliphatic heterocycles. The smallest absolute Gasteiger partial charge is 0.0355 e. The maximum atomic E-state index is 6.31. The zero-order valence-corrected chi connectivity index (χ0v) is 13.8. The fourth-order valence-electron chi connectivity index (χ4n) is 6.15. The Morgan fingerprint density at radius 3 is 2.81 bits per heavy atom. The minimum atomic E-state index is 0.299. The van der Waals surface area contributed by atoms with Gasteiger partial charge in [-0.05, 0) is 76.3 Å². The predicted molar refractivity (Wildman–Crippen MR) is 87.2 cm³/mol. The van der Waals surface area contributed by atoms with Crippen LogP contribution in [-0.4, -0.2) is 54.6 Å². The van der Waals surface area contributed by atoms with Crippen molar-refractivity contribution in [1.82, 2.24) is 9.80 Å². The molecule has 3 nitrogen and oxygen atoms in total. The highest BCUT2D eigenvalue weighted by Crippen LogP contribution is 2.49. The molecule has 2 bridgehead atoms. The molecule has 4 aliphatic rings. The SMILES string of the molecule is CN(CC1CC2CCC1C2)C1(CN)CCN2CCCC2C1. The second-order valence-corrected chi connectivity index (χ2v) is 8.53. The molecular weight excluding hydrogens is 258 g/mol. The van der Waals surface area contributed by atoms with Crippen LogP contribution in [0.2, 0.25) is 0 Å². The summed E-state index contributed by atoms with van der Waals surface area (Å²) in [4.78, 5) is 5.42. The van der Waals surface area contributed by atoms with Crippen LogP contribution in [0.15, 0.2) is 0 Å². The van der Waals surface area contributed by atoms with Crippen LogP contribution in [0.25, 0.3) is 0 Å². The van der Waals surface area contributed by atoms with Crippen molar-refractivity contribution in [2.45, 2.75) is 62.9 Å². The first-order chi connectivity index (χ1) is 10.2. The Labute approximate surface area is 130 Å². The standard InChI is InChI=1S/C18H33N3/c1-20(12-16-10-14-4-5-15(16)9-14)18(13-19)6-8-21-7-2-3-17(21)11-18/h14-17H,2-13,19H2,1H3. The molecule has 2 heterocycles. The molecule has 2 N–H and O–H groups in total. The van der Waals surface area contributed by atoms with Crippen LogP contribution in [-0.2, 0) is 0 Å². The van der Waals surface area contributed by atoms with E-state index in [9.17, 15) is 0 Å². The number of nitrogens with zero attached hydrogens (tertiary/aromatic N) is 2. The van der Waals surface area contributed by atoms with Gasteiger partial charge >= 0.3 is 0 Å². The Kier molecular flexibility index (Phi) is 3.79. The summed E-state index contributed by atoms with van der Waals surface area (Å²) in [6, 6.07) is 0.824. The van der Waals surface area contributed by atoms with Gasteiger partial charge in [0.15, 0.2) is 0 Å². The summed E-state index contributed by atoms with van der Waals surface area (Å²) < 4.78 is 0. The highest BCUT2D eigenvalue weighted by atomic mass is 15.3. The highest BCUT2D eigenvalue weighted by Gasteiger charge is 2.46. The zero-order valence-electron chi connectivity index (χ0n) is 13.8. The quantitative estimate of drug-likeness (QED) is 0.863. The van der Waals surface area contributed by atoms with Crippen LogP contribution >= 0.6 is 0 Å². The van der Waals surface area contributed by atoms with Crippen molar-refractivity contribution in [2.75, 3.05) is 33.2 Å². The number of likely N-dealkylation sites (N-methyl/N-ethyl adjacent to an activating group) is 1. The van der Waals surface area contributed by atoms with E-state index in [1.807, 2.05) is 0 Å². The fraction of sp³-hybridized carbons (Fsp3) is 1.00. The van der Waals surface area contributed by atoms with Crippen molar-refractivity contribution in [1.29, 1.82) is 0 Å². The Bertz CT molecular complexity index is 385. The first-order valence-electron chi connectivity index (χ1n) is 9.35. The van der Waals surface area contributed by atoms with Crippen molar-refractivity contribution in [3.63, 3.8) is 0 Å². The Morgan fingerprint density at radius 1 is 1.19 bits per heavy atom. The largest absolute Gasteiger partial charge is 0.329 e. The highest BCUT2D eigenvalue weighted by molar-refractivity contribution is 5.02. The normalized spacial score (nSPS) is 46.4. The first-order valence-corrected chi connectivity index (χ1v) is 9.35. The summed E-state index contributed by atoms with van der Waals surface area (Å²) >= 11 is 0. The van der Waals surface area contributed by atoms with Crippen LogP contribution < -0.4 is 5.73 Å². The summed E-state index contributed by atoms with van der Waals surface area (Å²) in [5.41, 5.74) is 6.61. The molecule has 21 heavy (non-hydrogen) atoms. The summed E-state index contributed by atoms with van der Waals surface area (Å²) in [6.07, 6.45) is 11.5. The van der Waals surface area contributed by atoms with Gasteiger partial charge in [0.2, 0.25) is 0 Å². The second-order valence-electron chi connectivity index (χ2n) is 8.53. The van der Waals surface area contributed by atoms with Gasteiger partial charge in [-0.15, -0.1) is 0 Å². The lowest BCUT2D eigenvalue weighted by Gasteiger charge is -2.50. The molecule has 5 atom stereocenters. The molecule has 0 aromatic heterocycles. The summed E-state index contributed by atoms with van der Waals surface area (Å²) in [5, 5.41) is 0. The summed E-state index contributed by atoms with van der Waals surface area (Å²) in [7, 11) is 2.38. The molecule has 5 unspecified atom stereocenters. The first kappa shape index (κ1) is 14.5. The molecule has 3 heteroatoms. The van der Waals surface area contributed by atoms with Crippen molar-refractivity contribution in [3.8, 4) is 0 Å². The third-order valence-electron chi connectivity index (χ3n) is 7.56. The molecule has 120 valence electrons. The van der Waals surface area contributed by atoms with Crippen LogP contribution in [0.4, 0.5) is 0 Å². The second kappa shape index (κ2) is 5.50.